The highest BCUT2D eigenvalue weighted by molar-refractivity contribution is 5.78. The van der Waals surface area contributed by atoms with Crippen LogP contribution in [0.2, 0.25) is 0 Å². The van der Waals surface area contributed by atoms with Crippen LogP contribution in [0, 0.1) is 5.92 Å². The summed E-state index contributed by atoms with van der Waals surface area (Å²) in [6.45, 7) is 6.41. The van der Waals surface area contributed by atoms with Crippen LogP contribution in [0.3, 0.4) is 0 Å². The van der Waals surface area contributed by atoms with Crippen molar-refractivity contribution in [2.45, 2.75) is 19.9 Å². The number of nitrogens with zero attached hydrogens (tertiary/aromatic N) is 5. The Hall–Kier alpha value is -1.89. The van der Waals surface area contributed by atoms with Crippen molar-refractivity contribution in [1.29, 1.82) is 0 Å². The van der Waals surface area contributed by atoms with E-state index in [1.807, 2.05) is 4.57 Å². The summed E-state index contributed by atoms with van der Waals surface area (Å²) in [6, 6.07) is 0. The lowest BCUT2D eigenvalue weighted by molar-refractivity contribution is 0.334. The molecule has 2 aromatic rings. The lowest BCUT2D eigenvalue weighted by atomic mass is 10.1. The second-order valence-electron chi connectivity index (χ2n) is 5.18. The van der Waals surface area contributed by atoms with E-state index in [-0.39, 0.29) is 0 Å². The zero-order chi connectivity index (χ0) is 14.1. The zero-order valence-electron chi connectivity index (χ0n) is 11.9. The Labute approximate surface area is 117 Å². The maximum absolute atomic E-state index is 6.04. The fraction of sp³-hybridized carbons (Fsp3) is 0.615. The first kappa shape index (κ1) is 13.1. The average Bonchev–Trinajstić information content (AvgIpc) is 3.04. The number of ether oxygens (including phenoxy) is 1. The fourth-order valence-corrected chi connectivity index (χ4v) is 2.87. The van der Waals surface area contributed by atoms with Crippen LogP contribution in [-0.2, 0) is 6.54 Å². The van der Waals surface area contributed by atoms with Crippen molar-refractivity contribution >= 4 is 17.1 Å². The van der Waals surface area contributed by atoms with Crippen LogP contribution < -0.4 is 10.5 Å². The molecule has 20 heavy (non-hydrogen) atoms. The molecular weight excluding hydrogens is 256 g/mol. The Balaban J connectivity index is 1.90. The molecule has 108 valence electrons. The Morgan fingerprint density at radius 3 is 3.00 bits per heavy atom. The zero-order valence-corrected chi connectivity index (χ0v) is 11.9. The number of hydrogen-bond donors (Lipinski definition) is 1. The van der Waals surface area contributed by atoms with Crippen molar-refractivity contribution in [3.63, 3.8) is 0 Å². The van der Waals surface area contributed by atoms with Gasteiger partial charge in [0.15, 0.2) is 11.2 Å². The first-order valence-corrected chi connectivity index (χ1v) is 6.96. The number of anilines is 1. The number of fused-ring (bicyclic) bond motifs is 1. The van der Waals surface area contributed by atoms with E-state index < -0.39 is 0 Å². The highest BCUT2D eigenvalue weighted by atomic mass is 16.5. The van der Waals surface area contributed by atoms with Gasteiger partial charge in [0.1, 0.15) is 6.33 Å². The molecule has 2 N–H and O–H groups in total. The lowest BCUT2D eigenvalue weighted by Gasteiger charge is -2.14. The van der Waals surface area contributed by atoms with Crippen molar-refractivity contribution < 1.29 is 4.74 Å². The molecule has 2 aromatic heterocycles. The molecule has 1 aliphatic heterocycles. The Morgan fingerprint density at radius 1 is 1.45 bits per heavy atom. The Bertz CT molecular complexity index is 610. The smallest absolute Gasteiger partial charge is 0.245 e. The van der Waals surface area contributed by atoms with Crippen LogP contribution in [0.15, 0.2) is 6.33 Å². The molecule has 0 radical (unpaired) electrons. The molecule has 0 spiro atoms. The lowest BCUT2D eigenvalue weighted by Crippen LogP contribution is -2.21. The van der Waals surface area contributed by atoms with E-state index >= 15 is 0 Å². The van der Waals surface area contributed by atoms with Crippen LogP contribution in [0.5, 0.6) is 5.88 Å². The normalized spacial score (nSPS) is 19.8. The number of nitrogen functional groups attached to an aromatic ring is 1. The van der Waals surface area contributed by atoms with Gasteiger partial charge in [-0.2, -0.15) is 4.98 Å². The van der Waals surface area contributed by atoms with Gasteiger partial charge >= 0.3 is 0 Å². The first-order valence-electron chi connectivity index (χ1n) is 6.96. The van der Waals surface area contributed by atoms with Crippen molar-refractivity contribution in [3.05, 3.63) is 6.33 Å². The minimum atomic E-state index is 0.474. The summed E-state index contributed by atoms with van der Waals surface area (Å²) < 4.78 is 7.19. The molecule has 1 aliphatic rings. The number of hydrogen-bond acceptors (Lipinski definition) is 6. The molecule has 0 amide bonds. The molecule has 3 heterocycles. The summed E-state index contributed by atoms with van der Waals surface area (Å²) in [5.41, 5.74) is 7.43. The number of imidazole rings is 1. The molecule has 0 aromatic carbocycles. The molecule has 1 atom stereocenters. The minimum absolute atomic E-state index is 0.474. The van der Waals surface area contributed by atoms with Crippen molar-refractivity contribution in [3.8, 4) is 5.88 Å². The van der Waals surface area contributed by atoms with E-state index in [2.05, 4.69) is 26.8 Å². The van der Waals surface area contributed by atoms with Crippen LogP contribution in [-0.4, -0.2) is 51.2 Å². The average molecular weight is 276 g/mol. The third-order valence-corrected chi connectivity index (χ3v) is 3.98. The third kappa shape index (κ3) is 2.18. The molecule has 1 fully saturated rings. The van der Waals surface area contributed by atoms with Crippen LogP contribution in [0.1, 0.15) is 13.3 Å². The number of likely N-dealkylation sites (tertiary alicyclic amines) is 1. The third-order valence-electron chi connectivity index (χ3n) is 3.98. The summed E-state index contributed by atoms with van der Waals surface area (Å²) >= 11 is 0. The van der Waals surface area contributed by atoms with Gasteiger partial charge in [-0.3, -0.25) is 4.57 Å². The van der Waals surface area contributed by atoms with Gasteiger partial charge in [0, 0.05) is 13.1 Å². The Kier molecular flexibility index (Phi) is 3.43. The van der Waals surface area contributed by atoms with E-state index in [4.69, 9.17) is 10.5 Å². The van der Waals surface area contributed by atoms with E-state index in [1.54, 1.807) is 7.11 Å². The predicted octanol–water partition coefficient (Wildman–Crippen LogP) is 0.759. The topological polar surface area (TPSA) is 82.1 Å². The monoisotopic (exact) mass is 276 g/mol. The second-order valence-corrected chi connectivity index (χ2v) is 5.18. The molecule has 7 heteroatoms. The maximum atomic E-state index is 6.04. The largest absolute Gasteiger partial charge is 0.479 e. The van der Waals surface area contributed by atoms with E-state index in [0.717, 1.165) is 31.8 Å². The van der Waals surface area contributed by atoms with Crippen LogP contribution >= 0.6 is 0 Å². The quantitative estimate of drug-likeness (QED) is 0.887. The molecular formula is C13H20N6O. The number of rotatable bonds is 4. The maximum Gasteiger partial charge on any atom is 0.245 e. The standard InChI is InChI=1S/C13H20N6O/c1-3-18-5-4-9(6-18)7-19-11-10(17-13(19)14)12(20-2)16-8-15-11/h8-9H,3-7H2,1-2H3,(H2,14,17). The molecule has 1 unspecified atom stereocenters. The molecule has 0 bridgehead atoms. The van der Waals surface area contributed by atoms with Gasteiger partial charge in [-0.15, -0.1) is 0 Å². The number of methoxy groups -OCH3 is 1. The summed E-state index contributed by atoms with van der Waals surface area (Å²) in [7, 11) is 1.58. The molecule has 1 saturated heterocycles. The molecule has 7 nitrogen and oxygen atoms in total. The SMILES string of the molecule is CCN1CCC(Cn2c(N)nc3c(OC)ncnc32)C1. The van der Waals surface area contributed by atoms with Crippen LogP contribution in [0.25, 0.3) is 11.2 Å². The molecule has 0 saturated carbocycles. The molecule has 3 rings (SSSR count). The highest BCUT2D eigenvalue weighted by Crippen LogP contribution is 2.26. The van der Waals surface area contributed by atoms with Gasteiger partial charge in [-0.25, -0.2) is 9.97 Å². The first-order chi connectivity index (χ1) is 9.72. The fourth-order valence-electron chi connectivity index (χ4n) is 2.87. The highest BCUT2D eigenvalue weighted by Gasteiger charge is 2.24. The van der Waals surface area contributed by atoms with Gasteiger partial charge in [0.25, 0.3) is 0 Å². The number of nitrogens with two attached hydrogens (primary N) is 1. The van der Waals surface area contributed by atoms with Gasteiger partial charge in [0.2, 0.25) is 11.8 Å². The van der Waals surface area contributed by atoms with Crippen molar-refractivity contribution in [2.24, 2.45) is 5.92 Å². The summed E-state index contributed by atoms with van der Waals surface area (Å²) in [5.74, 6) is 1.55. The minimum Gasteiger partial charge on any atom is -0.479 e. The number of aromatic nitrogens is 4. The van der Waals surface area contributed by atoms with Gasteiger partial charge in [-0.1, -0.05) is 6.92 Å². The second kappa shape index (κ2) is 5.24. The van der Waals surface area contributed by atoms with E-state index in [1.165, 1.54) is 12.7 Å². The van der Waals surface area contributed by atoms with E-state index in [0.29, 0.717) is 23.3 Å². The van der Waals surface area contributed by atoms with Gasteiger partial charge < -0.3 is 15.4 Å². The predicted molar refractivity (Wildman–Crippen MR) is 76.5 cm³/mol. The van der Waals surface area contributed by atoms with E-state index in [9.17, 15) is 0 Å². The van der Waals surface area contributed by atoms with Crippen LogP contribution in [0.4, 0.5) is 5.95 Å². The Morgan fingerprint density at radius 2 is 2.30 bits per heavy atom. The van der Waals surface area contributed by atoms with Gasteiger partial charge in [0.05, 0.1) is 7.11 Å². The summed E-state index contributed by atoms with van der Waals surface area (Å²) in [5, 5.41) is 0. The van der Waals surface area contributed by atoms with Gasteiger partial charge in [-0.05, 0) is 25.4 Å². The van der Waals surface area contributed by atoms with Crippen molar-refractivity contribution in [1.82, 2.24) is 24.4 Å². The summed E-state index contributed by atoms with van der Waals surface area (Å²) in [4.78, 5) is 15.2. The van der Waals surface area contributed by atoms with Crippen molar-refractivity contribution in [2.75, 3.05) is 32.5 Å². The molecule has 0 aliphatic carbocycles. The summed E-state index contributed by atoms with van der Waals surface area (Å²) in [6.07, 6.45) is 2.68.